The second-order valence-electron chi connectivity index (χ2n) is 5.88. The van der Waals surface area contributed by atoms with Crippen molar-refractivity contribution in [3.63, 3.8) is 0 Å². The lowest BCUT2D eigenvalue weighted by Gasteiger charge is -2.35. The average molecular weight is 236 g/mol. The van der Waals surface area contributed by atoms with E-state index in [0.29, 0.717) is 5.82 Å². The van der Waals surface area contributed by atoms with Gasteiger partial charge in [0.1, 0.15) is 0 Å². The third kappa shape index (κ3) is 2.34. The predicted molar refractivity (Wildman–Crippen MR) is 66.7 cm³/mol. The fourth-order valence-corrected chi connectivity index (χ4v) is 1.80. The largest absolute Gasteiger partial charge is 0.317 e. The number of nitrogens with one attached hydrogen (secondary N) is 2. The number of carbonyl (C=O) groups excluding carboxylic acids is 1. The first-order valence-electron chi connectivity index (χ1n) is 5.97. The molecule has 5 nitrogen and oxygen atoms in total. The zero-order valence-corrected chi connectivity index (χ0v) is 10.6. The Morgan fingerprint density at radius 1 is 1.53 bits per heavy atom. The highest BCUT2D eigenvalue weighted by Gasteiger charge is 2.40. The number of rotatable bonds is 2. The normalized spacial score (nSPS) is 18.6. The monoisotopic (exact) mass is 236 g/mol. The van der Waals surface area contributed by atoms with Crippen LogP contribution in [0.15, 0.2) is 6.07 Å². The van der Waals surface area contributed by atoms with Gasteiger partial charge in [-0.1, -0.05) is 20.8 Å². The first kappa shape index (κ1) is 12.1. The number of H-pyrrole nitrogens is 1. The minimum atomic E-state index is -0.680. The zero-order chi connectivity index (χ0) is 12.7. The number of nitrogens with two attached hydrogens (primary N) is 1. The number of amides is 1. The molecule has 1 aliphatic rings. The Kier molecular flexibility index (Phi) is 2.73. The van der Waals surface area contributed by atoms with Gasteiger partial charge >= 0.3 is 0 Å². The summed E-state index contributed by atoms with van der Waals surface area (Å²) in [5.74, 6) is 0.423. The fourth-order valence-electron chi connectivity index (χ4n) is 1.80. The third-order valence-electron chi connectivity index (χ3n) is 3.33. The van der Waals surface area contributed by atoms with E-state index in [1.807, 2.05) is 6.07 Å². The number of aromatic amines is 1. The summed E-state index contributed by atoms with van der Waals surface area (Å²) in [6, 6.07) is 1.86. The minimum absolute atomic E-state index is 0.00709. The van der Waals surface area contributed by atoms with E-state index >= 15 is 0 Å². The van der Waals surface area contributed by atoms with Crippen molar-refractivity contribution in [1.82, 2.24) is 10.2 Å². The van der Waals surface area contributed by atoms with Gasteiger partial charge in [0.15, 0.2) is 5.82 Å². The van der Waals surface area contributed by atoms with Crippen LogP contribution in [-0.2, 0) is 10.2 Å². The second-order valence-corrected chi connectivity index (χ2v) is 5.88. The lowest BCUT2D eigenvalue weighted by molar-refractivity contribution is -0.123. The Hall–Kier alpha value is -1.36. The zero-order valence-electron chi connectivity index (χ0n) is 10.6. The van der Waals surface area contributed by atoms with E-state index in [1.165, 1.54) is 0 Å². The molecule has 2 rings (SSSR count). The number of anilines is 1. The van der Waals surface area contributed by atoms with Gasteiger partial charge in [0.2, 0.25) is 5.91 Å². The number of carbonyl (C=O) groups is 1. The van der Waals surface area contributed by atoms with Crippen molar-refractivity contribution >= 4 is 11.7 Å². The molecule has 94 valence electrons. The molecule has 1 amide bonds. The van der Waals surface area contributed by atoms with Crippen molar-refractivity contribution in [2.24, 2.45) is 5.73 Å². The highest BCUT2D eigenvalue weighted by atomic mass is 16.2. The number of hydrogen-bond donors (Lipinski definition) is 3. The quantitative estimate of drug-likeness (QED) is 0.728. The maximum Gasteiger partial charge on any atom is 0.245 e. The van der Waals surface area contributed by atoms with Gasteiger partial charge in [-0.05, 0) is 19.3 Å². The van der Waals surface area contributed by atoms with E-state index in [1.54, 1.807) is 0 Å². The van der Waals surface area contributed by atoms with Gasteiger partial charge in [-0.15, -0.1) is 0 Å². The molecule has 1 aliphatic carbocycles. The Labute approximate surface area is 101 Å². The summed E-state index contributed by atoms with van der Waals surface area (Å²) in [6.45, 7) is 6.26. The van der Waals surface area contributed by atoms with Gasteiger partial charge in [-0.3, -0.25) is 9.89 Å². The van der Waals surface area contributed by atoms with Crippen LogP contribution >= 0.6 is 0 Å². The molecular weight excluding hydrogens is 216 g/mol. The van der Waals surface area contributed by atoms with Crippen LogP contribution in [0.3, 0.4) is 0 Å². The Morgan fingerprint density at radius 3 is 2.59 bits per heavy atom. The standard InChI is InChI=1S/C12H20N4O/c1-11(2,3)8-7-9(16-15-8)14-10(17)12(13)5-4-6-12/h7H,4-6,13H2,1-3H3,(H2,14,15,16,17). The molecule has 1 fully saturated rings. The summed E-state index contributed by atoms with van der Waals surface area (Å²) in [6.07, 6.45) is 2.54. The van der Waals surface area contributed by atoms with Crippen LogP contribution in [0.1, 0.15) is 45.7 Å². The fraction of sp³-hybridized carbons (Fsp3) is 0.667. The average Bonchev–Trinajstić information content (AvgIpc) is 2.61. The highest BCUT2D eigenvalue weighted by Crippen LogP contribution is 2.30. The SMILES string of the molecule is CC(C)(C)c1cc(NC(=O)C2(N)CCC2)n[nH]1. The maximum atomic E-state index is 11.9. The summed E-state index contributed by atoms with van der Waals surface area (Å²) in [5.41, 5.74) is 6.24. The topological polar surface area (TPSA) is 83.8 Å². The molecule has 17 heavy (non-hydrogen) atoms. The van der Waals surface area contributed by atoms with Gasteiger partial charge in [-0.25, -0.2) is 0 Å². The van der Waals surface area contributed by atoms with Gasteiger partial charge < -0.3 is 11.1 Å². The number of hydrogen-bond acceptors (Lipinski definition) is 3. The third-order valence-corrected chi connectivity index (χ3v) is 3.33. The molecule has 0 bridgehead atoms. The van der Waals surface area contributed by atoms with E-state index in [0.717, 1.165) is 25.0 Å². The molecule has 1 aromatic rings. The van der Waals surface area contributed by atoms with Crippen LogP contribution in [-0.4, -0.2) is 21.6 Å². The van der Waals surface area contributed by atoms with E-state index in [9.17, 15) is 4.79 Å². The summed E-state index contributed by atoms with van der Waals surface area (Å²) in [5, 5.41) is 9.79. The van der Waals surface area contributed by atoms with Crippen LogP contribution in [0.5, 0.6) is 0 Å². The Bertz CT molecular complexity index is 426. The molecule has 0 aliphatic heterocycles. The van der Waals surface area contributed by atoms with Crippen molar-refractivity contribution in [2.45, 2.75) is 51.0 Å². The maximum absolute atomic E-state index is 11.9. The van der Waals surface area contributed by atoms with Gasteiger partial charge in [-0.2, -0.15) is 5.10 Å². The van der Waals surface area contributed by atoms with Crippen molar-refractivity contribution in [3.05, 3.63) is 11.8 Å². The molecule has 0 unspecified atom stereocenters. The van der Waals surface area contributed by atoms with E-state index < -0.39 is 5.54 Å². The van der Waals surface area contributed by atoms with Crippen molar-refractivity contribution in [3.8, 4) is 0 Å². The van der Waals surface area contributed by atoms with Crippen LogP contribution in [0, 0.1) is 0 Å². The first-order valence-corrected chi connectivity index (χ1v) is 5.97. The molecule has 0 radical (unpaired) electrons. The smallest absolute Gasteiger partial charge is 0.245 e. The molecule has 5 heteroatoms. The van der Waals surface area contributed by atoms with Crippen molar-refractivity contribution < 1.29 is 4.79 Å². The molecule has 1 saturated carbocycles. The Balaban J connectivity index is 2.04. The van der Waals surface area contributed by atoms with E-state index in [4.69, 9.17) is 5.73 Å². The van der Waals surface area contributed by atoms with Crippen LogP contribution in [0.2, 0.25) is 0 Å². The molecule has 0 atom stereocenters. The Morgan fingerprint density at radius 2 is 2.18 bits per heavy atom. The van der Waals surface area contributed by atoms with Gasteiger partial charge in [0.05, 0.1) is 5.54 Å². The van der Waals surface area contributed by atoms with Gasteiger partial charge in [0.25, 0.3) is 0 Å². The predicted octanol–water partition coefficient (Wildman–Crippen LogP) is 1.53. The number of aromatic nitrogens is 2. The van der Waals surface area contributed by atoms with Crippen LogP contribution in [0.25, 0.3) is 0 Å². The number of nitrogens with zero attached hydrogens (tertiary/aromatic N) is 1. The lowest BCUT2D eigenvalue weighted by Crippen LogP contribution is -2.56. The second kappa shape index (κ2) is 3.84. The molecule has 0 aromatic carbocycles. The molecule has 1 aromatic heterocycles. The summed E-state index contributed by atoms with van der Waals surface area (Å²) in [7, 11) is 0. The minimum Gasteiger partial charge on any atom is -0.317 e. The van der Waals surface area contributed by atoms with E-state index in [2.05, 4.69) is 36.3 Å². The van der Waals surface area contributed by atoms with Crippen LogP contribution in [0.4, 0.5) is 5.82 Å². The van der Waals surface area contributed by atoms with Crippen LogP contribution < -0.4 is 11.1 Å². The van der Waals surface area contributed by atoms with E-state index in [-0.39, 0.29) is 11.3 Å². The molecule has 0 saturated heterocycles. The summed E-state index contributed by atoms with van der Waals surface area (Å²) in [4.78, 5) is 11.9. The molecule has 0 spiro atoms. The molecule has 4 N–H and O–H groups in total. The van der Waals surface area contributed by atoms with Crippen molar-refractivity contribution in [2.75, 3.05) is 5.32 Å². The highest BCUT2D eigenvalue weighted by molar-refractivity contribution is 5.97. The summed E-state index contributed by atoms with van der Waals surface area (Å²) < 4.78 is 0. The molecule has 1 heterocycles. The van der Waals surface area contributed by atoms with Crippen molar-refractivity contribution in [1.29, 1.82) is 0 Å². The lowest BCUT2D eigenvalue weighted by atomic mass is 9.77. The summed E-state index contributed by atoms with van der Waals surface area (Å²) >= 11 is 0. The molecular formula is C12H20N4O. The first-order chi connectivity index (χ1) is 7.81. The van der Waals surface area contributed by atoms with Gasteiger partial charge in [0, 0.05) is 17.2 Å².